The Kier molecular flexibility index (Phi) is 3.04. The number of para-hydroxylation sites is 1. The van der Waals surface area contributed by atoms with E-state index in [1.165, 1.54) is 7.11 Å². The fourth-order valence-corrected chi connectivity index (χ4v) is 2.10. The summed E-state index contributed by atoms with van der Waals surface area (Å²) in [5, 5.41) is 13.0. The average molecular weight is 233 g/mol. The van der Waals surface area contributed by atoms with Crippen molar-refractivity contribution in [2.45, 2.75) is 13.3 Å². The van der Waals surface area contributed by atoms with Gasteiger partial charge >= 0.3 is 5.88 Å². The fourth-order valence-electron chi connectivity index (χ4n) is 2.10. The minimum absolute atomic E-state index is 0.211. The standard InChI is InChI=1S/C13H15NO3/c1-4-9-10-7-5-6-8-11(10)14(15)13(17-3)12(9)16-2/h5-8H,4H2,1-3H3. The Balaban J connectivity index is 2.93. The lowest BCUT2D eigenvalue weighted by Gasteiger charge is -2.14. The van der Waals surface area contributed by atoms with Crippen molar-refractivity contribution < 1.29 is 14.2 Å². The second kappa shape index (κ2) is 4.49. The number of hydrogen-bond acceptors (Lipinski definition) is 3. The Morgan fingerprint density at radius 2 is 1.88 bits per heavy atom. The summed E-state index contributed by atoms with van der Waals surface area (Å²) in [7, 11) is 3.02. The van der Waals surface area contributed by atoms with Crippen LogP contribution in [0.15, 0.2) is 24.3 Å². The molecule has 1 aromatic heterocycles. The van der Waals surface area contributed by atoms with Crippen molar-refractivity contribution in [1.82, 2.24) is 0 Å². The Bertz CT molecular complexity index is 552. The first-order chi connectivity index (χ1) is 8.24. The van der Waals surface area contributed by atoms with Crippen LogP contribution in [-0.2, 0) is 6.42 Å². The van der Waals surface area contributed by atoms with Crippen molar-refractivity contribution in [2.75, 3.05) is 14.2 Å². The maximum Gasteiger partial charge on any atom is 0.423 e. The van der Waals surface area contributed by atoms with Crippen molar-refractivity contribution in [2.24, 2.45) is 0 Å². The number of pyridine rings is 1. The molecule has 4 heteroatoms. The third-order valence-corrected chi connectivity index (χ3v) is 2.85. The van der Waals surface area contributed by atoms with Gasteiger partial charge < -0.3 is 14.7 Å². The summed E-state index contributed by atoms with van der Waals surface area (Å²) in [6.45, 7) is 2.03. The van der Waals surface area contributed by atoms with Crippen LogP contribution in [-0.4, -0.2) is 14.2 Å². The van der Waals surface area contributed by atoms with Gasteiger partial charge in [-0.3, -0.25) is 0 Å². The molecule has 0 aliphatic heterocycles. The zero-order chi connectivity index (χ0) is 12.4. The van der Waals surface area contributed by atoms with E-state index in [1.807, 2.05) is 25.1 Å². The summed E-state index contributed by atoms with van der Waals surface area (Å²) in [5.74, 6) is 0.728. The van der Waals surface area contributed by atoms with Crippen LogP contribution in [0, 0.1) is 5.21 Å². The highest BCUT2D eigenvalue weighted by Crippen LogP contribution is 2.33. The van der Waals surface area contributed by atoms with Crippen molar-refractivity contribution in [3.05, 3.63) is 35.0 Å². The quantitative estimate of drug-likeness (QED) is 0.602. The first-order valence-electron chi connectivity index (χ1n) is 5.49. The van der Waals surface area contributed by atoms with E-state index in [2.05, 4.69) is 0 Å². The largest absolute Gasteiger partial charge is 0.615 e. The molecular formula is C13H15NO3. The van der Waals surface area contributed by atoms with Crippen LogP contribution >= 0.6 is 0 Å². The van der Waals surface area contributed by atoms with E-state index in [1.54, 1.807) is 13.2 Å². The van der Waals surface area contributed by atoms with E-state index >= 15 is 0 Å². The molecule has 0 unspecified atom stereocenters. The maximum atomic E-state index is 12.1. The van der Waals surface area contributed by atoms with E-state index in [4.69, 9.17) is 9.47 Å². The number of fused-ring (bicyclic) bond motifs is 1. The summed E-state index contributed by atoms with van der Waals surface area (Å²) in [6.07, 6.45) is 0.779. The number of hydrogen-bond donors (Lipinski definition) is 0. The van der Waals surface area contributed by atoms with Crippen LogP contribution in [0.25, 0.3) is 10.9 Å². The predicted octanol–water partition coefficient (Wildman–Crippen LogP) is 2.05. The summed E-state index contributed by atoms with van der Waals surface area (Å²) >= 11 is 0. The molecule has 0 fully saturated rings. The number of ether oxygens (including phenoxy) is 2. The molecule has 2 rings (SSSR count). The normalized spacial score (nSPS) is 10.5. The van der Waals surface area contributed by atoms with E-state index in [-0.39, 0.29) is 5.88 Å². The van der Waals surface area contributed by atoms with Gasteiger partial charge in [0.15, 0.2) is 0 Å². The van der Waals surface area contributed by atoms with Gasteiger partial charge in [0.05, 0.1) is 19.6 Å². The highest BCUT2D eigenvalue weighted by atomic mass is 16.6. The minimum Gasteiger partial charge on any atom is -0.615 e. The van der Waals surface area contributed by atoms with Gasteiger partial charge in [-0.05, 0) is 12.5 Å². The lowest BCUT2D eigenvalue weighted by atomic mass is 10.1. The number of benzene rings is 1. The van der Waals surface area contributed by atoms with Gasteiger partial charge in [0.25, 0.3) is 0 Å². The molecular weight excluding hydrogens is 218 g/mol. The second-order valence-electron chi connectivity index (χ2n) is 3.69. The summed E-state index contributed by atoms with van der Waals surface area (Å²) < 4.78 is 11.2. The Hall–Kier alpha value is -1.97. The Morgan fingerprint density at radius 1 is 1.18 bits per heavy atom. The van der Waals surface area contributed by atoms with E-state index in [0.29, 0.717) is 11.3 Å². The molecule has 1 heterocycles. The number of aromatic nitrogens is 1. The molecule has 1 aromatic carbocycles. The van der Waals surface area contributed by atoms with Crippen molar-refractivity contribution in [1.29, 1.82) is 0 Å². The molecule has 0 radical (unpaired) electrons. The first-order valence-corrected chi connectivity index (χ1v) is 5.49. The number of aryl methyl sites for hydroxylation is 1. The Labute approximate surface area is 100.0 Å². The highest BCUT2D eigenvalue weighted by molar-refractivity contribution is 5.82. The van der Waals surface area contributed by atoms with Gasteiger partial charge in [-0.15, -0.1) is 4.73 Å². The maximum absolute atomic E-state index is 12.1. The molecule has 0 N–H and O–H groups in total. The fraction of sp³-hybridized carbons (Fsp3) is 0.308. The number of methoxy groups -OCH3 is 2. The number of nitrogens with zero attached hydrogens (tertiary/aromatic N) is 1. The molecule has 0 aliphatic rings. The van der Waals surface area contributed by atoms with Crippen LogP contribution in [0.3, 0.4) is 0 Å². The van der Waals surface area contributed by atoms with Crippen LogP contribution in [0.4, 0.5) is 0 Å². The van der Waals surface area contributed by atoms with E-state index in [0.717, 1.165) is 22.1 Å². The lowest BCUT2D eigenvalue weighted by Crippen LogP contribution is -2.30. The van der Waals surface area contributed by atoms with Crippen LogP contribution < -0.4 is 14.2 Å². The molecule has 0 aliphatic carbocycles. The molecule has 0 saturated carbocycles. The van der Waals surface area contributed by atoms with Crippen LogP contribution in [0.1, 0.15) is 12.5 Å². The highest BCUT2D eigenvalue weighted by Gasteiger charge is 2.23. The Morgan fingerprint density at radius 3 is 2.47 bits per heavy atom. The predicted molar refractivity (Wildman–Crippen MR) is 65.4 cm³/mol. The topological polar surface area (TPSA) is 45.4 Å². The molecule has 0 spiro atoms. The van der Waals surface area contributed by atoms with Crippen molar-refractivity contribution in [3.63, 3.8) is 0 Å². The zero-order valence-electron chi connectivity index (χ0n) is 10.2. The molecule has 0 bridgehead atoms. The average Bonchev–Trinajstić information content (AvgIpc) is 2.38. The zero-order valence-corrected chi connectivity index (χ0v) is 10.2. The van der Waals surface area contributed by atoms with Gasteiger partial charge in [-0.2, -0.15) is 0 Å². The summed E-state index contributed by atoms with van der Waals surface area (Å²) in [5.41, 5.74) is 1.59. The van der Waals surface area contributed by atoms with Gasteiger partial charge in [-0.1, -0.05) is 19.1 Å². The molecule has 0 amide bonds. The van der Waals surface area contributed by atoms with E-state index in [9.17, 15) is 5.21 Å². The van der Waals surface area contributed by atoms with E-state index < -0.39 is 0 Å². The molecule has 2 aromatic rings. The lowest BCUT2D eigenvalue weighted by molar-refractivity contribution is -0.585. The van der Waals surface area contributed by atoms with Crippen LogP contribution in [0.2, 0.25) is 0 Å². The third kappa shape index (κ3) is 1.65. The van der Waals surface area contributed by atoms with Crippen molar-refractivity contribution in [3.8, 4) is 11.6 Å². The van der Waals surface area contributed by atoms with Gasteiger partial charge in [-0.25, -0.2) is 0 Å². The van der Waals surface area contributed by atoms with Crippen molar-refractivity contribution >= 4 is 10.9 Å². The van der Waals surface area contributed by atoms with Gasteiger partial charge in [0.2, 0.25) is 11.3 Å². The third-order valence-electron chi connectivity index (χ3n) is 2.85. The molecule has 90 valence electrons. The number of rotatable bonds is 3. The summed E-state index contributed by atoms with van der Waals surface area (Å²) in [4.78, 5) is 0. The summed E-state index contributed by atoms with van der Waals surface area (Å²) in [6, 6.07) is 7.45. The van der Waals surface area contributed by atoms with Gasteiger partial charge in [0, 0.05) is 11.6 Å². The monoisotopic (exact) mass is 233 g/mol. The minimum atomic E-state index is 0.211. The smallest absolute Gasteiger partial charge is 0.423 e. The molecule has 17 heavy (non-hydrogen) atoms. The second-order valence-corrected chi connectivity index (χ2v) is 3.69. The molecule has 0 saturated heterocycles. The van der Waals surface area contributed by atoms with Crippen LogP contribution in [0.5, 0.6) is 11.6 Å². The molecule has 4 nitrogen and oxygen atoms in total. The molecule has 0 atom stereocenters. The SMILES string of the molecule is CCc1c(OC)c(OC)[n+]([O-])c2ccccc12. The first kappa shape index (κ1) is 11.5. The van der Waals surface area contributed by atoms with Gasteiger partial charge in [0.1, 0.15) is 0 Å².